The predicted octanol–water partition coefficient (Wildman–Crippen LogP) is 4.95. The van der Waals surface area contributed by atoms with Crippen molar-refractivity contribution in [3.63, 3.8) is 0 Å². The highest BCUT2D eigenvalue weighted by atomic mass is 16.4. The van der Waals surface area contributed by atoms with Gasteiger partial charge in [-0.1, -0.05) is 68.4 Å². The zero-order valence-corrected chi connectivity index (χ0v) is 13.4. The van der Waals surface area contributed by atoms with Crippen LogP contribution in [0.15, 0.2) is 59.0 Å². The lowest BCUT2D eigenvalue weighted by Gasteiger charge is -2.08. The first-order valence-corrected chi connectivity index (χ1v) is 7.85. The molecule has 0 aliphatic heterocycles. The van der Waals surface area contributed by atoms with Gasteiger partial charge in [0.05, 0.1) is 6.42 Å². The number of hydrogen-bond acceptors (Lipinski definition) is 3. The standard InChI is InChI=1S/C20H20N2O/c1-15(2)18-11-7-6-10-17(18)12-13-19-21-22-20(23-19)14-16-8-4-3-5-9-16/h3-13,15H,14H2,1-2H3. The molecule has 0 N–H and O–H groups in total. The fraction of sp³-hybridized carbons (Fsp3) is 0.200. The molecule has 0 aliphatic rings. The molecule has 23 heavy (non-hydrogen) atoms. The van der Waals surface area contributed by atoms with Gasteiger partial charge in [0.2, 0.25) is 11.8 Å². The highest BCUT2D eigenvalue weighted by Crippen LogP contribution is 2.21. The Balaban J connectivity index is 1.74. The summed E-state index contributed by atoms with van der Waals surface area (Å²) in [5, 5.41) is 8.21. The Morgan fingerprint density at radius 2 is 1.65 bits per heavy atom. The summed E-state index contributed by atoms with van der Waals surface area (Å²) in [4.78, 5) is 0. The van der Waals surface area contributed by atoms with E-state index >= 15 is 0 Å². The Bertz CT molecular complexity index is 788. The van der Waals surface area contributed by atoms with Crippen molar-refractivity contribution in [2.24, 2.45) is 0 Å². The molecule has 0 unspecified atom stereocenters. The van der Waals surface area contributed by atoms with Crippen molar-refractivity contribution in [3.05, 3.63) is 83.1 Å². The van der Waals surface area contributed by atoms with E-state index in [1.165, 1.54) is 11.1 Å². The van der Waals surface area contributed by atoms with E-state index in [-0.39, 0.29) is 0 Å². The molecular weight excluding hydrogens is 284 g/mol. The fourth-order valence-corrected chi connectivity index (χ4v) is 2.53. The molecule has 2 aromatic carbocycles. The van der Waals surface area contributed by atoms with Crippen molar-refractivity contribution in [2.45, 2.75) is 26.2 Å². The van der Waals surface area contributed by atoms with Gasteiger partial charge in [0.1, 0.15) is 0 Å². The molecule has 0 saturated heterocycles. The first-order chi connectivity index (χ1) is 11.2. The molecule has 3 aromatic rings. The molecule has 1 aromatic heterocycles. The van der Waals surface area contributed by atoms with Crippen molar-refractivity contribution in [2.75, 3.05) is 0 Å². The maximum absolute atomic E-state index is 5.70. The summed E-state index contributed by atoms with van der Waals surface area (Å²) < 4.78 is 5.70. The van der Waals surface area contributed by atoms with E-state index in [4.69, 9.17) is 4.42 Å². The lowest BCUT2D eigenvalue weighted by molar-refractivity contribution is 0.496. The summed E-state index contributed by atoms with van der Waals surface area (Å²) in [6, 6.07) is 18.5. The SMILES string of the molecule is CC(C)c1ccccc1C=Cc1nnc(Cc2ccccc2)o1. The van der Waals surface area contributed by atoms with Gasteiger partial charge in [-0.05, 0) is 28.7 Å². The zero-order valence-electron chi connectivity index (χ0n) is 13.4. The van der Waals surface area contributed by atoms with Crippen LogP contribution in [0.4, 0.5) is 0 Å². The fourth-order valence-electron chi connectivity index (χ4n) is 2.53. The van der Waals surface area contributed by atoms with Gasteiger partial charge < -0.3 is 4.42 Å². The maximum Gasteiger partial charge on any atom is 0.240 e. The molecule has 3 nitrogen and oxygen atoms in total. The van der Waals surface area contributed by atoms with Crippen molar-refractivity contribution >= 4 is 12.2 Å². The molecule has 0 spiro atoms. The molecule has 0 saturated carbocycles. The van der Waals surface area contributed by atoms with Gasteiger partial charge in [0.15, 0.2) is 0 Å². The number of benzene rings is 2. The third-order valence-corrected chi connectivity index (χ3v) is 3.70. The molecule has 3 rings (SSSR count). The lowest BCUT2D eigenvalue weighted by atomic mass is 9.97. The summed E-state index contributed by atoms with van der Waals surface area (Å²) in [5.41, 5.74) is 3.66. The Labute approximate surface area is 136 Å². The second-order valence-electron chi connectivity index (χ2n) is 5.81. The second kappa shape index (κ2) is 7.05. The van der Waals surface area contributed by atoms with Crippen LogP contribution in [0.5, 0.6) is 0 Å². The maximum atomic E-state index is 5.70. The van der Waals surface area contributed by atoms with Gasteiger partial charge >= 0.3 is 0 Å². The zero-order chi connectivity index (χ0) is 16.1. The topological polar surface area (TPSA) is 38.9 Å². The summed E-state index contributed by atoms with van der Waals surface area (Å²) >= 11 is 0. The largest absolute Gasteiger partial charge is 0.421 e. The van der Waals surface area contributed by atoms with Crippen LogP contribution in [0.25, 0.3) is 12.2 Å². The first-order valence-electron chi connectivity index (χ1n) is 7.85. The van der Waals surface area contributed by atoms with E-state index in [0.29, 0.717) is 24.1 Å². The Morgan fingerprint density at radius 1 is 0.913 bits per heavy atom. The number of aromatic nitrogens is 2. The Morgan fingerprint density at radius 3 is 2.43 bits per heavy atom. The molecule has 0 atom stereocenters. The molecule has 0 amide bonds. The second-order valence-corrected chi connectivity index (χ2v) is 5.81. The van der Waals surface area contributed by atoms with E-state index in [1.54, 1.807) is 0 Å². The van der Waals surface area contributed by atoms with Crippen LogP contribution in [-0.2, 0) is 6.42 Å². The van der Waals surface area contributed by atoms with Crippen LogP contribution in [0.3, 0.4) is 0 Å². The van der Waals surface area contributed by atoms with Crippen molar-refractivity contribution in [3.8, 4) is 0 Å². The summed E-state index contributed by atoms with van der Waals surface area (Å²) in [6.07, 6.45) is 4.57. The Hall–Kier alpha value is -2.68. The minimum atomic E-state index is 0.479. The minimum Gasteiger partial charge on any atom is -0.421 e. The quantitative estimate of drug-likeness (QED) is 0.669. The predicted molar refractivity (Wildman–Crippen MR) is 93.0 cm³/mol. The van der Waals surface area contributed by atoms with Crippen LogP contribution >= 0.6 is 0 Å². The molecule has 0 bridgehead atoms. The van der Waals surface area contributed by atoms with E-state index in [1.807, 2.05) is 36.4 Å². The first kappa shape index (κ1) is 15.2. The van der Waals surface area contributed by atoms with Gasteiger partial charge in [0.25, 0.3) is 0 Å². The van der Waals surface area contributed by atoms with Crippen LogP contribution in [-0.4, -0.2) is 10.2 Å². The van der Waals surface area contributed by atoms with Crippen molar-refractivity contribution < 1.29 is 4.42 Å². The molecule has 0 aliphatic carbocycles. The highest BCUT2D eigenvalue weighted by Gasteiger charge is 2.06. The lowest BCUT2D eigenvalue weighted by Crippen LogP contribution is -1.90. The van der Waals surface area contributed by atoms with Crippen LogP contribution in [0, 0.1) is 0 Å². The summed E-state index contributed by atoms with van der Waals surface area (Å²) in [7, 11) is 0. The highest BCUT2D eigenvalue weighted by molar-refractivity contribution is 5.68. The number of rotatable bonds is 5. The van der Waals surface area contributed by atoms with Gasteiger partial charge in [0, 0.05) is 6.08 Å². The van der Waals surface area contributed by atoms with Crippen molar-refractivity contribution in [1.29, 1.82) is 0 Å². The van der Waals surface area contributed by atoms with Crippen LogP contribution in [0.2, 0.25) is 0 Å². The van der Waals surface area contributed by atoms with Crippen molar-refractivity contribution in [1.82, 2.24) is 10.2 Å². The third-order valence-electron chi connectivity index (χ3n) is 3.70. The molecule has 116 valence electrons. The van der Waals surface area contributed by atoms with Gasteiger partial charge in [-0.3, -0.25) is 0 Å². The molecule has 3 heteroatoms. The summed E-state index contributed by atoms with van der Waals surface area (Å²) in [5.74, 6) is 1.65. The van der Waals surface area contributed by atoms with Crippen LogP contribution < -0.4 is 0 Å². The normalized spacial score (nSPS) is 11.4. The Kier molecular flexibility index (Phi) is 4.67. The van der Waals surface area contributed by atoms with Gasteiger partial charge in [-0.25, -0.2) is 0 Å². The number of hydrogen-bond donors (Lipinski definition) is 0. The number of nitrogens with zero attached hydrogens (tertiary/aromatic N) is 2. The van der Waals surface area contributed by atoms with Gasteiger partial charge in [-0.2, -0.15) is 0 Å². The van der Waals surface area contributed by atoms with E-state index < -0.39 is 0 Å². The minimum absolute atomic E-state index is 0.479. The smallest absolute Gasteiger partial charge is 0.240 e. The molecular formula is C20H20N2O. The van der Waals surface area contributed by atoms with Gasteiger partial charge in [-0.15, -0.1) is 10.2 Å². The monoisotopic (exact) mass is 304 g/mol. The molecule has 1 heterocycles. The third kappa shape index (κ3) is 3.95. The average Bonchev–Trinajstić information content (AvgIpc) is 3.01. The summed E-state index contributed by atoms with van der Waals surface area (Å²) in [6.45, 7) is 4.38. The molecule has 0 fully saturated rings. The molecule has 0 radical (unpaired) electrons. The average molecular weight is 304 g/mol. The van der Waals surface area contributed by atoms with E-state index in [0.717, 1.165) is 5.56 Å². The van der Waals surface area contributed by atoms with E-state index in [2.05, 4.69) is 54.4 Å². The van der Waals surface area contributed by atoms with Crippen LogP contribution in [0.1, 0.15) is 48.2 Å². The van der Waals surface area contributed by atoms with E-state index in [9.17, 15) is 0 Å².